The maximum Gasteiger partial charge on any atom is 0.306 e. The van der Waals surface area contributed by atoms with E-state index in [1.807, 2.05) is 0 Å². The van der Waals surface area contributed by atoms with Gasteiger partial charge >= 0.3 is 5.97 Å². The molecule has 21 heavy (non-hydrogen) atoms. The quantitative estimate of drug-likeness (QED) is 0.833. The van der Waals surface area contributed by atoms with Crippen molar-refractivity contribution in [2.45, 2.75) is 33.1 Å². The number of rotatable bonds is 4. The zero-order chi connectivity index (χ0) is 15.8. The van der Waals surface area contributed by atoms with Crippen LogP contribution in [0.5, 0.6) is 0 Å². The highest BCUT2D eigenvalue weighted by atomic mass is 16.4. The molecule has 118 valence electrons. The van der Waals surface area contributed by atoms with E-state index in [0.29, 0.717) is 25.9 Å². The second-order valence-electron chi connectivity index (χ2n) is 6.93. The molecule has 1 unspecified atom stereocenters. The Labute approximate surface area is 125 Å². The van der Waals surface area contributed by atoms with Gasteiger partial charge in [-0.25, -0.2) is 0 Å². The highest BCUT2D eigenvalue weighted by molar-refractivity contribution is 5.87. The number of likely N-dealkylation sites (N-methyl/N-ethyl adjacent to an activating group) is 1. The molecule has 1 saturated carbocycles. The molecule has 0 bridgehead atoms. The third-order valence-corrected chi connectivity index (χ3v) is 4.76. The van der Waals surface area contributed by atoms with Crippen LogP contribution < -0.4 is 0 Å². The molecule has 1 saturated heterocycles. The van der Waals surface area contributed by atoms with Crippen LogP contribution in [0.15, 0.2) is 0 Å². The van der Waals surface area contributed by atoms with Crippen molar-refractivity contribution in [2.24, 2.45) is 17.3 Å². The van der Waals surface area contributed by atoms with E-state index in [1.165, 1.54) is 4.90 Å². The van der Waals surface area contributed by atoms with E-state index >= 15 is 0 Å². The number of piperidine rings is 1. The fourth-order valence-electron chi connectivity index (χ4n) is 2.91. The maximum atomic E-state index is 12.2. The van der Waals surface area contributed by atoms with E-state index in [0.717, 1.165) is 6.42 Å². The zero-order valence-electron chi connectivity index (χ0n) is 13.0. The van der Waals surface area contributed by atoms with Crippen LogP contribution in [0, 0.1) is 17.3 Å². The van der Waals surface area contributed by atoms with Crippen LogP contribution in [-0.2, 0) is 14.4 Å². The molecule has 1 N–H and O–H groups in total. The number of aliphatic carboxylic acids is 1. The molecular formula is C15H24N2O4. The van der Waals surface area contributed by atoms with Crippen LogP contribution in [0.3, 0.4) is 0 Å². The van der Waals surface area contributed by atoms with Crippen molar-refractivity contribution >= 4 is 17.8 Å². The minimum Gasteiger partial charge on any atom is -0.481 e. The molecule has 6 nitrogen and oxygen atoms in total. The number of hydrogen-bond acceptors (Lipinski definition) is 3. The van der Waals surface area contributed by atoms with E-state index in [9.17, 15) is 14.4 Å². The van der Waals surface area contributed by atoms with Gasteiger partial charge in [0.2, 0.25) is 11.8 Å². The van der Waals surface area contributed by atoms with E-state index in [1.54, 1.807) is 11.9 Å². The smallest absolute Gasteiger partial charge is 0.306 e. The Morgan fingerprint density at radius 1 is 1.24 bits per heavy atom. The Bertz CT molecular complexity index is 453. The molecule has 1 atom stereocenters. The average molecular weight is 296 g/mol. The summed E-state index contributed by atoms with van der Waals surface area (Å²) in [4.78, 5) is 38.4. The lowest BCUT2D eigenvalue weighted by Gasteiger charge is -2.31. The molecule has 2 aliphatic rings. The van der Waals surface area contributed by atoms with Gasteiger partial charge in [0.05, 0.1) is 12.5 Å². The van der Waals surface area contributed by atoms with Crippen LogP contribution in [0.1, 0.15) is 33.1 Å². The predicted molar refractivity (Wildman–Crippen MR) is 76.5 cm³/mol. The highest BCUT2D eigenvalue weighted by Gasteiger charge is 2.51. The average Bonchev–Trinajstić information content (AvgIpc) is 3.06. The van der Waals surface area contributed by atoms with Crippen molar-refractivity contribution in [1.82, 2.24) is 9.80 Å². The molecule has 2 fully saturated rings. The van der Waals surface area contributed by atoms with Gasteiger partial charge in [-0.2, -0.15) is 0 Å². The summed E-state index contributed by atoms with van der Waals surface area (Å²) in [6.45, 7) is 5.13. The van der Waals surface area contributed by atoms with E-state index < -0.39 is 5.97 Å². The molecule has 1 aliphatic heterocycles. The fourth-order valence-corrected chi connectivity index (χ4v) is 2.91. The molecule has 0 radical (unpaired) electrons. The number of nitrogens with zero attached hydrogens (tertiary/aromatic N) is 2. The molecule has 2 amide bonds. The topological polar surface area (TPSA) is 77.9 Å². The Morgan fingerprint density at radius 2 is 1.76 bits per heavy atom. The van der Waals surface area contributed by atoms with Crippen molar-refractivity contribution in [3.05, 3.63) is 0 Å². The van der Waals surface area contributed by atoms with Crippen molar-refractivity contribution in [3.63, 3.8) is 0 Å². The summed E-state index contributed by atoms with van der Waals surface area (Å²) in [5.41, 5.74) is 0.0637. The van der Waals surface area contributed by atoms with Gasteiger partial charge in [0, 0.05) is 26.1 Å². The second kappa shape index (κ2) is 5.66. The molecule has 0 aromatic carbocycles. The summed E-state index contributed by atoms with van der Waals surface area (Å²) >= 11 is 0. The van der Waals surface area contributed by atoms with Crippen LogP contribution in [0.4, 0.5) is 0 Å². The molecule has 0 spiro atoms. The van der Waals surface area contributed by atoms with Gasteiger partial charge in [0.25, 0.3) is 0 Å². The van der Waals surface area contributed by atoms with Crippen molar-refractivity contribution in [2.75, 3.05) is 26.7 Å². The lowest BCUT2D eigenvalue weighted by atomic mass is 9.97. The summed E-state index contributed by atoms with van der Waals surface area (Å²) in [5.74, 6) is -1.15. The zero-order valence-corrected chi connectivity index (χ0v) is 13.0. The number of likely N-dealkylation sites (tertiary alicyclic amines) is 1. The van der Waals surface area contributed by atoms with E-state index in [4.69, 9.17) is 5.11 Å². The summed E-state index contributed by atoms with van der Waals surface area (Å²) in [7, 11) is 1.67. The largest absolute Gasteiger partial charge is 0.481 e. The molecular weight excluding hydrogens is 272 g/mol. The van der Waals surface area contributed by atoms with Crippen LogP contribution in [-0.4, -0.2) is 59.4 Å². The highest BCUT2D eigenvalue weighted by Crippen LogP contribution is 2.52. The maximum absolute atomic E-state index is 12.2. The van der Waals surface area contributed by atoms with E-state index in [-0.39, 0.29) is 35.6 Å². The van der Waals surface area contributed by atoms with E-state index in [2.05, 4.69) is 13.8 Å². The predicted octanol–water partition coefficient (Wildman–Crippen LogP) is 0.814. The van der Waals surface area contributed by atoms with Crippen LogP contribution in [0.25, 0.3) is 0 Å². The first kappa shape index (κ1) is 15.8. The van der Waals surface area contributed by atoms with Gasteiger partial charge in [0.15, 0.2) is 0 Å². The summed E-state index contributed by atoms with van der Waals surface area (Å²) in [6.07, 6.45) is 1.87. The van der Waals surface area contributed by atoms with Crippen molar-refractivity contribution in [1.29, 1.82) is 0 Å². The molecule has 2 rings (SSSR count). The van der Waals surface area contributed by atoms with Crippen molar-refractivity contribution in [3.8, 4) is 0 Å². The number of carboxylic acids is 1. The Kier molecular flexibility index (Phi) is 4.25. The third kappa shape index (κ3) is 3.54. The van der Waals surface area contributed by atoms with Gasteiger partial charge < -0.3 is 14.9 Å². The summed E-state index contributed by atoms with van der Waals surface area (Å²) < 4.78 is 0. The summed E-state index contributed by atoms with van der Waals surface area (Å²) in [6, 6.07) is 0. The van der Waals surface area contributed by atoms with Gasteiger partial charge in [-0.3, -0.25) is 14.4 Å². The second-order valence-corrected chi connectivity index (χ2v) is 6.93. The van der Waals surface area contributed by atoms with Gasteiger partial charge in [-0.15, -0.1) is 0 Å². The Hall–Kier alpha value is -1.59. The SMILES string of the molecule is CN(CC(=O)N1CCC(C(=O)O)CC1)C(=O)C1CC1(C)C. The fraction of sp³-hybridized carbons (Fsp3) is 0.800. The Morgan fingerprint density at radius 3 is 2.19 bits per heavy atom. The minimum absolute atomic E-state index is 0.0352. The molecule has 1 aliphatic carbocycles. The normalized spacial score (nSPS) is 24.5. The van der Waals surface area contributed by atoms with Gasteiger partial charge in [-0.05, 0) is 24.7 Å². The van der Waals surface area contributed by atoms with Gasteiger partial charge in [0.1, 0.15) is 0 Å². The number of carbonyl (C=O) groups excluding carboxylic acids is 2. The molecule has 6 heteroatoms. The first-order valence-electron chi connectivity index (χ1n) is 7.48. The number of hydrogen-bond donors (Lipinski definition) is 1. The van der Waals surface area contributed by atoms with Crippen LogP contribution >= 0.6 is 0 Å². The number of carboxylic acid groups (broad SMARTS) is 1. The first-order valence-corrected chi connectivity index (χ1v) is 7.48. The molecule has 0 aromatic heterocycles. The van der Waals surface area contributed by atoms with Gasteiger partial charge in [-0.1, -0.05) is 13.8 Å². The van der Waals surface area contributed by atoms with Crippen LogP contribution in [0.2, 0.25) is 0 Å². The lowest BCUT2D eigenvalue weighted by Crippen LogP contribution is -2.45. The third-order valence-electron chi connectivity index (χ3n) is 4.76. The summed E-state index contributed by atoms with van der Waals surface area (Å²) in [5, 5.41) is 8.94. The molecule has 0 aromatic rings. The monoisotopic (exact) mass is 296 g/mol. The lowest BCUT2D eigenvalue weighted by molar-refractivity contribution is -0.146. The number of amides is 2. The Balaban J connectivity index is 1.80. The molecule has 1 heterocycles. The standard InChI is InChI=1S/C15H24N2O4/c1-15(2)8-11(15)13(19)16(3)9-12(18)17-6-4-10(5-7-17)14(20)21/h10-11H,4-9H2,1-3H3,(H,20,21). The first-order chi connectivity index (χ1) is 9.72. The number of carbonyl (C=O) groups is 3. The minimum atomic E-state index is -0.787. The van der Waals surface area contributed by atoms with Crippen molar-refractivity contribution < 1.29 is 19.5 Å².